The number of phenolic OH excluding ortho intramolecular Hbond substituents is 1. The molecule has 0 spiro atoms. The first-order valence-corrected chi connectivity index (χ1v) is 12.9. The van der Waals surface area contributed by atoms with Gasteiger partial charge in [0.1, 0.15) is 17.4 Å². The molecule has 0 saturated heterocycles. The van der Waals surface area contributed by atoms with Crippen LogP contribution < -0.4 is 9.57 Å². The first-order valence-electron chi connectivity index (χ1n) is 9.90. The van der Waals surface area contributed by atoms with Crippen molar-refractivity contribution in [1.82, 2.24) is 4.84 Å². The molecule has 2 aromatic carbocycles. The molecular weight excluding hydrogens is 402 g/mol. The third kappa shape index (κ3) is 6.07. The maximum absolute atomic E-state index is 10.9. The number of nitrogens with one attached hydrogen (secondary N) is 1. The second-order valence-corrected chi connectivity index (χ2v) is 14.2. The molecule has 0 aliphatic rings. The summed E-state index contributed by atoms with van der Waals surface area (Å²) in [6.07, 6.45) is 4.52. The van der Waals surface area contributed by atoms with E-state index in [4.69, 9.17) is 16.5 Å². The minimum atomic E-state index is -1.14. The number of ether oxygens (including phenoxy) is 1. The van der Waals surface area contributed by atoms with E-state index in [1.54, 1.807) is 0 Å². The predicted molar refractivity (Wildman–Crippen MR) is 128 cm³/mol. The first-order chi connectivity index (χ1) is 13.3. The van der Waals surface area contributed by atoms with E-state index in [1.807, 2.05) is 12.1 Å². The molecule has 0 amide bonds. The van der Waals surface area contributed by atoms with Crippen molar-refractivity contribution in [2.75, 3.05) is 18.5 Å². The van der Waals surface area contributed by atoms with Crippen LogP contribution in [-0.4, -0.2) is 23.6 Å². The highest BCUT2D eigenvalue weighted by molar-refractivity contribution is 8.32. The fourth-order valence-electron chi connectivity index (χ4n) is 3.17. The fraction of sp³-hybridized carbons (Fsp3) is 0.500. The van der Waals surface area contributed by atoms with E-state index < -0.39 is 10.0 Å². The third-order valence-electron chi connectivity index (χ3n) is 5.05. The van der Waals surface area contributed by atoms with Crippen molar-refractivity contribution in [3.8, 4) is 11.5 Å². The highest BCUT2D eigenvalue weighted by Gasteiger charge is 2.27. The Morgan fingerprint density at radius 1 is 0.931 bits per heavy atom. The molecule has 0 atom stereocenters. The highest BCUT2D eigenvalue weighted by Crippen LogP contribution is 2.49. The minimum absolute atomic E-state index is 0.169. The molecule has 0 aliphatic heterocycles. The normalized spacial score (nSPS) is 13.4. The van der Waals surface area contributed by atoms with Crippen LogP contribution >= 0.6 is 21.8 Å². The zero-order valence-corrected chi connectivity index (χ0v) is 20.6. The lowest BCUT2D eigenvalue weighted by Gasteiger charge is -2.33. The van der Waals surface area contributed by atoms with Crippen LogP contribution in [0, 0.1) is 0 Å². The van der Waals surface area contributed by atoms with Gasteiger partial charge in [0.25, 0.3) is 0 Å². The molecule has 2 aromatic rings. The number of rotatable bonds is 6. The van der Waals surface area contributed by atoms with E-state index >= 15 is 0 Å². The van der Waals surface area contributed by atoms with Gasteiger partial charge in [-0.15, -0.1) is 0 Å². The van der Waals surface area contributed by atoms with E-state index in [0.29, 0.717) is 18.2 Å². The van der Waals surface area contributed by atoms with Crippen LogP contribution in [0.5, 0.6) is 11.5 Å². The largest absolute Gasteiger partial charge is 0.507 e. The van der Waals surface area contributed by atoms with Crippen molar-refractivity contribution in [3.05, 3.63) is 53.1 Å². The van der Waals surface area contributed by atoms with Crippen LogP contribution in [0.25, 0.3) is 0 Å². The summed E-state index contributed by atoms with van der Waals surface area (Å²) in [6, 6.07) is 12.5. The lowest BCUT2D eigenvalue weighted by Crippen LogP contribution is -2.18. The van der Waals surface area contributed by atoms with Gasteiger partial charge in [-0.25, -0.2) is 4.84 Å². The standard InChI is InChI=1S/C24H36ClNO2S/c1-23(2,3)20-13-18(14-21(22(20)27)24(4,5)6)28-16-29(7,8)19-11-9-17(10-12-19)15-26-25/h9-14,26-27H,15-16H2,1-8H3. The van der Waals surface area contributed by atoms with Gasteiger partial charge < -0.3 is 9.84 Å². The van der Waals surface area contributed by atoms with Crippen LogP contribution in [-0.2, 0) is 17.4 Å². The van der Waals surface area contributed by atoms with E-state index in [-0.39, 0.29) is 10.8 Å². The lowest BCUT2D eigenvalue weighted by molar-refractivity contribution is 0.378. The van der Waals surface area contributed by atoms with E-state index in [0.717, 1.165) is 22.4 Å². The topological polar surface area (TPSA) is 41.5 Å². The number of hydrogen-bond acceptors (Lipinski definition) is 3. The molecule has 0 saturated carbocycles. The Morgan fingerprint density at radius 2 is 1.41 bits per heavy atom. The van der Waals surface area contributed by atoms with Crippen LogP contribution in [0.15, 0.2) is 41.3 Å². The summed E-state index contributed by atoms with van der Waals surface area (Å²) in [5.74, 6) is 1.83. The molecule has 2 rings (SSSR count). The summed E-state index contributed by atoms with van der Waals surface area (Å²) in [5, 5.41) is 10.9. The van der Waals surface area contributed by atoms with Crippen molar-refractivity contribution >= 4 is 21.8 Å². The van der Waals surface area contributed by atoms with Gasteiger partial charge in [-0.1, -0.05) is 53.7 Å². The number of hydrogen-bond donors (Lipinski definition) is 2. The number of halogens is 1. The number of phenols is 1. The van der Waals surface area contributed by atoms with E-state index in [2.05, 4.69) is 83.2 Å². The summed E-state index contributed by atoms with van der Waals surface area (Å²) < 4.78 is 6.32. The summed E-state index contributed by atoms with van der Waals surface area (Å²) >= 11 is 5.60. The van der Waals surface area contributed by atoms with Crippen molar-refractivity contribution in [2.45, 2.75) is 63.8 Å². The SMILES string of the molecule is CC(C)(C)c1cc(OCS(C)(C)c2ccc(CNCl)cc2)cc(C(C)(C)C)c1O. The van der Waals surface area contributed by atoms with Gasteiger partial charge >= 0.3 is 0 Å². The molecule has 0 unspecified atom stereocenters. The Labute approximate surface area is 183 Å². The van der Waals surface area contributed by atoms with Crippen molar-refractivity contribution in [1.29, 1.82) is 0 Å². The van der Waals surface area contributed by atoms with Gasteiger partial charge in [0.05, 0.1) is 0 Å². The molecule has 0 radical (unpaired) electrons. The van der Waals surface area contributed by atoms with Gasteiger partial charge in [0, 0.05) is 17.7 Å². The minimum Gasteiger partial charge on any atom is -0.507 e. The molecule has 0 aliphatic carbocycles. The number of benzene rings is 2. The van der Waals surface area contributed by atoms with Crippen LogP contribution in [0.2, 0.25) is 0 Å². The molecule has 0 heterocycles. The van der Waals surface area contributed by atoms with Gasteiger partial charge in [0.2, 0.25) is 0 Å². The average molecular weight is 438 g/mol. The van der Waals surface area contributed by atoms with Crippen LogP contribution in [0.1, 0.15) is 58.2 Å². The molecule has 2 N–H and O–H groups in total. The fourth-order valence-corrected chi connectivity index (χ4v) is 4.76. The Hall–Kier alpha value is -1.36. The van der Waals surface area contributed by atoms with Crippen molar-refractivity contribution in [2.24, 2.45) is 0 Å². The zero-order chi connectivity index (χ0) is 22.0. The van der Waals surface area contributed by atoms with Crippen molar-refractivity contribution < 1.29 is 9.84 Å². The maximum atomic E-state index is 10.9. The molecule has 5 heteroatoms. The molecule has 29 heavy (non-hydrogen) atoms. The maximum Gasteiger partial charge on any atom is 0.123 e. The quantitative estimate of drug-likeness (QED) is 0.494. The summed E-state index contributed by atoms with van der Waals surface area (Å²) in [7, 11) is -1.14. The zero-order valence-electron chi connectivity index (χ0n) is 19.0. The smallest absolute Gasteiger partial charge is 0.123 e. The number of aromatic hydroxyl groups is 1. The van der Waals surface area contributed by atoms with Crippen molar-refractivity contribution in [3.63, 3.8) is 0 Å². The molecule has 0 fully saturated rings. The molecule has 0 aromatic heterocycles. The summed E-state index contributed by atoms with van der Waals surface area (Å²) in [6.45, 7) is 13.3. The van der Waals surface area contributed by atoms with E-state index in [9.17, 15) is 5.11 Å². The second-order valence-electron chi connectivity index (χ2n) is 10.1. The van der Waals surface area contributed by atoms with E-state index in [1.165, 1.54) is 4.90 Å². The van der Waals surface area contributed by atoms with Gasteiger partial charge in [-0.05, 0) is 69.8 Å². The van der Waals surface area contributed by atoms with Crippen LogP contribution in [0.3, 0.4) is 0 Å². The molecule has 0 bridgehead atoms. The summed E-state index contributed by atoms with van der Waals surface area (Å²) in [5.41, 5.74) is 2.66. The van der Waals surface area contributed by atoms with Gasteiger partial charge in [-0.3, -0.25) is 0 Å². The Bertz CT molecular complexity index is 798. The molecule has 162 valence electrons. The highest BCUT2D eigenvalue weighted by atomic mass is 35.5. The first kappa shape index (κ1) is 23.9. The molecule has 3 nitrogen and oxygen atoms in total. The van der Waals surface area contributed by atoms with Crippen LogP contribution in [0.4, 0.5) is 0 Å². The van der Waals surface area contributed by atoms with Gasteiger partial charge in [-0.2, -0.15) is 10.0 Å². The lowest BCUT2D eigenvalue weighted by atomic mass is 9.79. The third-order valence-corrected chi connectivity index (χ3v) is 7.44. The predicted octanol–water partition coefficient (Wildman–Crippen LogP) is 6.69. The Balaban J connectivity index is 2.31. The Morgan fingerprint density at radius 3 is 1.83 bits per heavy atom. The monoisotopic (exact) mass is 437 g/mol. The summed E-state index contributed by atoms with van der Waals surface area (Å²) in [4.78, 5) is 3.96. The average Bonchev–Trinajstić information content (AvgIpc) is 2.59. The van der Waals surface area contributed by atoms with Gasteiger partial charge in [0.15, 0.2) is 0 Å². The second kappa shape index (κ2) is 8.79. The Kier molecular flexibility index (Phi) is 7.25. The molecular formula is C24H36ClNO2S.